The van der Waals surface area contributed by atoms with Crippen LogP contribution in [0.15, 0.2) is 36.0 Å². The quantitative estimate of drug-likeness (QED) is 0.489. The normalized spacial score (nSPS) is 20.2. The predicted molar refractivity (Wildman–Crippen MR) is 94.9 cm³/mol. The van der Waals surface area contributed by atoms with E-state index < -0.39 is 5.97 Å². The molecule has 1 N–H and O–H groups in total. The Morgan fingerprint density at radius 1 is 1.31 bits per heavy atom. The third-order valence-electron chi connectivity index (χ3n) is 3.99. The van der Waals surface area contributed by atoms with E-state index in [1.165, 1.54) is 13.3 Å². The highest BCUT2D eigenvalue weighted by atomic mass is 16.5. The van der Waals surface area contributed by atoms with Crippen LogP contribution in [-0.2, 0) is 20.8 Å². The van der Waals surface area contributed by atoms with Crippen LogP contribution in [0.5, 0.6) is 0 Å². The minimum absolute atomic E-state index is 0.0519. The fourth-order valence-electron chi connectivity index (χ4n) is 2.80. The van der Waals surface area contributed by atoms with Gasteiger partial charge in [-0.3, -0.25) is 4.79 Å². The molecule has 7 nitrogen and oxygen atoms in total. The lowest BCUT2D eigenvalue weighted by molar-refractivity contribution is -0.138. The number of hydrogen-bond donors (Lipinski definition) is 1. The number of amides is 1. The Bertz CT molecular complexity index is 711. The summed E-state index contributed by atoms with van der Waals surface area (Å²) in [4.78, 5) is 25.5. The minimum Gasteiger partial charge on any atom is -0.465 e. The first kappa shape index (κ1) is 19.5. The van der Waals surface area contributed by atoms with Gasteiger partial charge in [-0.05, 0) is 31.5 Å². The van der Waals surface area contributed by atoms with Crippen molar-refractivity contribution >= 4 is 11.9 Å². The summed E-state index contributed by atoms with van der Waals surface area (Å²) in [7, 11) is 1.33. The molecule has 1 aliphatic rings. The van der Waals surface area contributed by atoms with Crippen molar-refractivity contribution in [1.82, 2.24) is 10.2 Å². The van der Waals surface area contributed by atoms with Gasteiger partial charge >= 0.3 is 5.97 Å². The van der Waals surface area contributed by atoms with Crippen LogP contribution in [-0.4, -0.2) is 49.2 Å². The van der Waals surface area contributed by atoms with Crippen molar-refractivity contribution in [3.8, 4) is 6.07 Å². The number of carbonyl (C=O) groups excluding carboxylic acids is 2. The summed E-state index contributed by atoms with van der Waals surface area (Å²) in [5, 5.41) is 12.3. The van der Waals surface area contributed by atoms with Crippen molar-refractivity contribution in [3.05, 3.63) is 47.2 Å². The van der Waals surface area contributed by atoms with Gasteiger partial charge < -0.3 is 19.7 Å². The molecule has 1 heterocycles. The smallest absolute Gasteiger partial charge is 0.337 e. The fraction of sp³-hybridized carbons (Fsp3) is 0.421. The Morgan fingerprint density at radius 2 is 1.92 bits per heavy atom. The average molecular weight is 357 g/mol. The number of rotatable bonds is 5. The molecule has 2 unspecified atom stereocenters. The number of nitrogens with one attached hydrogen (secondary N) is 1. The molecule has 2 atom stereocenters. The largest absolute Gasteiger partial charge is 0.465 e. The first-order chi connectivity index (χ1) is 12.4. The molecule has 1 aliphatic heterocycles. The molecule has 0 aliphatic carbocycles. The number of methoxy groups -OCH3 is 1. The Kier molecular flexibility index (Phi) is 6.75. The first-order valence-electron chi connectivity index (χ1n) is 8.40. The van der Waals surface area contributed by atoms with E-state index in [-0.39, 0.29) is 23.7 Å². The second-order valence-corrected chi connectivity index (χ2v) is 6.21. The Balaban J connectivity index is 1.95. The number of morpholine rings is 1. The predicted octanol–water partition coefficient (Wildman–Crippen LogP) is 1.61. The zero-order valence-corrected chi connectivity index (χ0v) is 15.2. The molecule has 2 rings (SSSR count). The zero-order valence-electron chi connectivity index (χ0n) is 15.2. The monoisotopic (exact) mass is 357 g/mol. The number of carbonyl (C=O) groups is 2. The second kappa shape index (κ2) is 9.02. The molecule has 1 saturated heterocycles. The summed E-state index contributed by atoms with van der Waals surface area (Å²) in [5.41, 5.74) is 1.43. The topological polar surface area (TPSA) is 91.7 Å². The lowest BCUT2D eigenvalue weighted by Crippen LogP contribution is -2.48. The highest BCUT2D eigenvalue weighted by Crippen LogP contribution is 2.13. The van der Waals surface area contributed by atoms with E-state index in [1.807, 2.05) is 19.9 Å². The molecule has 7 heteroatoms. The van der Waals surface area contributed by atoms with Gasteiger partial charge in [-0.25, -0.2) is 4.79 Å². The summed E-state index contributed by atoms with van der Waals surface area (Å²) >= 11 is 0. The number of nitrogens with zero attached hydrogens (tertiary/aromatic N) is 2. The van der Waals surface area contributed by atoms with Gasteiger partial charge in [0.15, 0.2) is 0 Å². The molecule has 0 saturated carbocycles. The van der Waals surface area contributed by atoms with Crippen molar-refractivity contribution in [1.29, 1.82) is 5.26 Å². The van der Waals surface area contributed by atoms with E-state index in [0.29, 0.717) is 25.2 Å². The van der Waals surface area contributed by atoms with Crippen LogP contribution in [0.2, 0.25) is 0 Å². The molecule has 0 aromatic heterocycles. The van der Waals surface area contributed by atoms with Crippen LogP contribution in [0.3, 0.4) is 0 Å². The Morgan fingerprint density at radius 3 is 2.46 bits per heavy atom. The van der Waals surface area contributed by atoms with E-state index in [0.717, 1.165) is 5.56 Å². The van der Waals surface area contributed by atoms with Gasteiger partial charge in [-0.15, -0.1) is 0 Å². The summed E-state index contributed by atoms with van der Waals surface area (Å²) in [5.74, 6) is -0.696. The number of esters is 1. The summed E-state index contributed by atoms with van der Waals surface area (Å²) in [6.45, 7) is 5.17. The van der Waals surface area contributed by atoms with Gasteiger partial charge in [0.25, 0.3) is 5.91 Å². The highest BCUT2D eigenvalue weighted by Gasteiger charge is 2.27. The number of ether oxygens (including phenoxy) is 2. The molecule has 0 radical (unpaired) electrons. The maximum absolute atomic E-state index is 12.5. The van der Waals surface area contributed by atoms with E-state index in [1.54, 1.807) is 29.2 Å². The van der Waals surface area contributed by atoms with Crippen LogP contribution >= 0.6 is 0 Å². The van der Waals surface area contributed by atoms with Crippen LogP contribution in [0, 0.1) is 11.3 Å². The molecular formula is C19H23N3O4. The van der Waals surface area contributed by atoms with Gasteiger partial charge in [0.1, 0.15) is 11.6 Å². The van der Waals surface area contributed by atoms with Gasteiger partial charge in [-0.2, -0.15) is 5.26 Å². The summed E-state index contributed by atoms with van der Waals surface area (Å²) < 4.78 is 10.3. The Labute approximate surface area is 153 Å². The average Bonchev–Trinajstić information content (AvgIpc) is 2.64. The van der Waals surface area contributed by atoms with Crippen molar-refractivity contribution in [3.63, 3.8) is 0 Å². The summed E-state index contributed by atoms with van der Waals surface area (Å²) in [6, 6.07) is 8.85. The Hall–Kier alpha value is -2.85. The van der Waals surface area contributed by atoms with Crippen molar-refractivity contribution in [2.75, 3.05) is 20.2 Å². The standard InChI is InChI=1S/C19H23N3O4/c1-13-11-22(12-14(2)26-13)18(23)17(8-20)10-21-9-15-4-6-16(7-5-15)19(24)25-3/h4-7,10,13-14,21H,9,11-12H2,1-3H3/b17-10-. The van der Waals surface area contributed by atoms with Crippen LogP contribution in [0.1, 0.15) is 29.8 Å². The number of hydrogen-bond acceptors (Lipinski definition) is 6. The molecular weight excluding hydrogens is 334 g/mol. The molecule has 1 amide bonds. The second-order valence-electron chi connectivity index (χ2n) is 6.21. The minimum atomic E-state index is -0.393. The highest BCUT2D eigenvalue weighted by molar-refractivity contribution is 5.97. The molecule has 1 aromatic rings. The lowest BCUT2D eigenvalue weighted by atomic mass is 10.1. The van der Waals surface area contributed by atoms with E-state index in [9.17, 15) is 14.9 Å². The first-order valence-corrected chi connectivity index (χ1v) is 8.40. The molecule has 138 valence electrons. The van der Waals surface area contributed by atoms with Gasteiger partial charge in [-0.1, -0.05) is 12.1 Å². The third kappa shape index (κ3) is 5.07. The molecule has 26 heavy (non-hydrogen) atoms. The van der Waals surface area contributed by atoms with Gasteiger partial charge in [0.2, 0.25) is 0 Å². The molecule has 1 aromatic carbocycles. The number of benzene rings is 1. The zero-order chi connectivity index (χ0) is 19.1. The number of nitriles is 1. The molecule has 1 fully saturated rings. The summed E-state index contributed by atoms with van der Waals surface area (Å²) in [6.07, 6.45) is 1.33. The van der Waals surface area contributed by atoms with Crippen LogP contribution in [0.4, 0.5) is 0 Å². The molecule has 0 spiro atoms. The van der Waals surface area contributed by atoms with Crippen LogP contribution < -0.4 is 5.32 Å². The maximum atomic E-state index is 12.5. The van der Waals surface area contributed by atoms with Gasteiger partial charge in [0, 0.05) is 25.8 Å². The van der Waals surface area contributed by atoms with Crippen molar-refractivity contribution in [2.45, 2.75) is 32.6 Å². The van der Waals surface area contributed by atoms with Gasteiger partial charge in [0.05, 0.1) is 24.9 Å². The molecule has 0 bridgehead atoms. The maximum Gasteiger partial charge on any atom is 0.337 e. The fourth-order valence-corrected chi connectivity index (χ4v) is 2.80. The van der Waals surface area contributed by atoms with Crippen LogP contribution in [0.25, 0.3) is 0 Å². The SMILES string of the molecule is COC(=O)c1ccc(CN/C=C(/C#N)C(=O)N2CC(C)OC(C)C2)cc1. The van der Waals surface area contributed by atoms with Crippen molar-refractivity contribution in [2.24, 2.45) is 0 Å². The van der Waals surface area contributed by atoms with E-state index in [2.05, 4.69) is 10.1 Å². The van der Waals surface area contributed by atoms with E-state index >= 15 is 0 Å². The third-order valence-corrected chi connectivity index (χ3v) is 3.99. The lowest BCUT2D eigenvalue weighted by Gasteiger charge is -2.35. The van der Waals surface area contributed by atoms with E-state index in [4.69, 9.17) is 4.74 Å². The van der Waals surface area contributed by atoms with Crippen molar-refractivity contribution < 1.29 is 19.1 Å².